The molecule has 0 bridgehead atoms. The number of benzene rings is 3. The highest BCUT2D eigenvalue weighted by atomic mass is 32.2. The maximum absolute atomic E-state index is 13.0. The number of phenolic OH excluding ortho intramolecular Hbond substituents is 2. The van der Waals surface area contributed by atoms with Crippen LogP contribution in [0.25, 0.3) is 12.2 Å². The van der Waals surface area contributed by atoms with E-state index in [1.165, 1.54) is 64.8 Å². The number of methoxy groups -OCH3 is 4. The molecule has 2 N–H and O–H groups in total. The largest absolute Gasteiger partial charge is 0.508 e. The zero-order chi connectivity index (χ0) is 24.9. The van der Waals surface area contributed by atoms with Gasteiger partial charge >= 0.3 is 0 Å². The second-order valence-electron chi connectivity index (χ2n) is 7.27. The van der Waals surface area contributed by atoms with Gasteiger partial charge < -0.3 is 29.2 Å². The van der Waals surface area contributed by atoms with E-state index < -0.39 is 9.84 Å². The molecule has 3 rings (SSSR count). The number of sulfone groups is 1. The first kappa shape index (κ1) is 24.8. The molecule has 0 aromatic heterocycles. The van der Waals surface area contributed by atoms with E-state index in [1.54, 1.807) is 24.3 Å². The standard InChI is InChI=1S/C25H26O8S/c1-30-22-14-18(15-34(28,29)20-9-7-19(26)8-10-20)17(13-21(22)27)6-5-16-11-23(31-2)25(33-4)24(12-16)32-3/h5-14,26-27H,15H2,1-4H3/b6-5-. The lowest BCUT2D eigenvalue weighted by atomic mass is 10.1. The summed E-state index contributed by atoms with van der Waals surface area (Å²) in [6, 6.07) is 11.7. The molecule has 0 unspecified atom stereocenters. The molecule has 3 aromatic carbocycles. The molecule has 0 fully saturated rings. The Hall–Kier alpha value is -3.85. The third-order valence-corrected chi connectivity index (χ3v) is 6.81. The van der Waals surface area contributed by atoms with Gasteiger partial charge in [0.05, 0.1) is 39.1 Å². The van der Waals surface area contributed by atoms with Crippen LogP contribution in [0.5, 0.6) is 34.5 Å². The summed E-state index contributed by atoms with van der Waals surface area (Å²) in [5.41, 5.74) is 1.61. The van der Waals surface area contributed by atoms with Crippen molar-refractivity contribution in [3.05, 3.63) is 65.2 Å². The first-order valence-electron chi connectivity index (χ1n) is 10.1. The van der Waals surface area contributed by atoms with Crippen molar-refractivity contribution < 1.29 is 37.6 Å². The molecule has 0 aliphatic heterocycles. The summed E-state index contributed by atoms with van der Waals surface area (Å²) in [6.07, 6.45) is 3.42. The van der Waals surface area contributed by atoms with E-state index in [2.05, 4.69) is 0 Å². The Kier molecular flexibility index (Phi) is 7.57. The lowest BCUT2D eigenvalue weighted by Crippen LogP contribution is -2.06. The van der Waals surface area contributed by atoms with Gasteiger partial charge in [-0.25, -0.2) is 8.42 Å². The molecule has 0 aliphatic carbocycles. The van der Waals surface area contributed by atoms with Crippen molar-refractivity contribution in [2.45, 2.75) is 10.6 Å². The van der Waals surface area contributed by atoms with Crippen LogP contribution in [-0.2, 0) is 15.6 Å². The van der Waals surface area contributed by atoms with Crippen LogP contribution in [0.15, 0.2) is 53.4 Å². The Morgan fingerprint density at radius 3 is 1.88 bits per heavy atom. The molecule has 0 saturated heterocycles. The lowest BCUT2D eigenvalue weighted by molar-refractivity contribution is 0.324. The second kappa shape index (κ2) is 10.4. The fraction of sp³-hybridized carbons (Fsp3) is 0.200. The number of aromatic hydroxyl groups is 2. The van der Waals surface area contributed by atoms with E-state index in [0.717, 1.165) is 0 Å². The van der Waals surface area contributed by atoms with Gasteiger partial charge in [-0.05, 0) is 65.2 Å². The Bertz CT molecular complexity index is 1270. The van der Waals surface area contributed by atoms with Gasteiger partial charge in [-0.3, -0.25) is 0 Å². The minimum Gasteiger partial charge on any atom is -0.508 e. The summed E-state index contributed by atoms with van der Waals surface area (Å²) in [4.78, 5) is 0.0666. The lowest BCUT2D eigenvalue weighted by Gasteiger charge is -2.13. The fourth-order valence-corrected chi connectivity index (χ4v) is 4.77. The Balaban J connectivity index is 2.04. The van der Waals surface area contributed by atoms with Gasteiger partial charge in [-0.15, -0.1) is 0 Å². The normalized spacial score (nSPS) is 11.4. The summed E-state index contributed by atoms with van der Waals surface area (Å²) in [6.45, 7) is 0. The van der Waals surface area contributed by atoms with Crippen LogP contribution in [0.1, 0.15) is 16.7 Å². The molecule has 0 amide bonds. The number of rotatable bonds is 9. The maximum atomic E-state index is 13.0. The molecule has 0 atom stereocenters. The van der Waals surface area contributed by atoms with E-state index in [1.807, 2.05) is 0 Å². The minimum absolute atomic E-state index is 0.0285. The molecule has 0 radical (unpaired) electrons. The van der Waals surface area contributed by atoms with E-state index in [0.29, 0.717) is 33.9 Å². The molecule has 9 heteroatoms. The van der Waals surface area contributed by atoms with Crippen LogP contribution in [-0.4, -0.2) is 47.1 Å². The first-order valence-corrected chi connectivity index (χ1v) is 11.8. The van der Waals surface area contributed by atoms with Gasteiger partial charge in [-0.1, -0.05) is 12.2 Å². The van der Waals surface area contributed by atoms with Crippen LogP contribution in [0.3, 0.4) is 0 Å². The van der Waals surface area contributed by atoms with Crippen molar-refractivity contribution in [2.75, 3.05) is 28.4 Å². The Morgan fingerprint density at radius 1 is 0.765 bits per heavy atom. The van der Waals surface area contributed by atoms with Gasteiger partial charge in [-0.2, -0.15) is 0 Å². The highest BCUT2D eigenvalue weighted by Crippen LogP contribution is 2.39. The van der Waals surface area contributed by atoms with Crippen LogP contribution in [0.4, 0.5) is 0 Å². The van der Waals surface area contributed by atoms with Gasteiger partial charge in [0.2, 0.25) is 5.75 Å². The van der Waals surface area contributed by atoms with Gasteiger partial charge in [0.25, 0.3) is 0 Å². The third-order valence-electron chi connectivity index (χ3n) is 5.12. The van der Waals surface area contributed by atoms with Gasteiger partial charge in [0, 0.05) is 0 Å². The molecule has 3 aromatic rings. The molecule has 0 spiro atoms. The maximum Gasteiger partial charge on any atom is 0.203 e. The van der Waals surface area contributed by atoms with Crippen molar-refractivity contribution >= 4 is 22.0 Å². The predicted octanol–water partition coefficient (Wildman–Crippen LogP) is 4.28. The third kappa shape index (κ3) is 5.37. The van der Waals surface area contributed by atoms with Crippen LogP contribution >= 0.6 is 0 Å². The zero-order valence-electron chi connectivity index (χ0n) is 19.2. The van der Waals surface area contributed by atoms with Crippen LogP contribution in [0, 0.1) is 0 Å². The predicted molar refractivity (Wildman–Crippen MR) is 129 cm³/mol. The summed E-state index contributed by atoms with van der Waals surface area (Å²) in [5.74, 6) is 1.04. The topological polar surface area (TPSA) is 112 Å². The van der Waals surface area contributed by atoms with E-state index in [4.69, 9.17) is 18.9 Å². The smallest absolute Gasteiger partial charge is 0.203 e. The summed E-state index contributed by atoms with van der Waals surface area (Å²) in [5, 5.41) is 19.8. The van der Waals surface area contributed by atoms with Gasteiger partial charge in [0.1, 0.15) is 5.75 Å². The Morgan fingerprint density at radius 2 is 1.35 bits per heavy atom. The minimum atomic E-state index is -3.74. The summed E-state index contributed by atoms with van der Waals surface area (Å²) < 4.78 is 47.3. The van der Waals surface area contributed by atoms with E-state index >= 15 is 0 Å². The molecule has 0 aliphatic rings. The van der Waals surface area contributed by atoms with Crippen molar-refractivity contribution in [1.29, 1.82) is 0 Å². The van der Waals surface area contributed by atoms with Crippen LogP contribution in [0.2, 0.25) is 0 Å². The van der Waals surface area contributed by atoms with Crippen LogP contribution < -0.4 is 18.9 Å². The average Bonchev–Trinajstić information content (AvgIpc) is 2.83. The summed E-state index contributed by atoms with van der Waals surface area (Å²) in [7, 11) is 2.18. The quantitative estimate of drug-likeness (QED) is 0.431. The van der Waals surface area contributed by atoms with E-state index in [-0.39, 0.29) is 27.9 Å². The molecule has 180 valence electrons. The van der Waals surface area contributed by atoms with Gasteiger partial charge in [0.15, 0.2) is 32.8 Å². The van der Waals surface area contributed by atoms with Crippen molar-refractivity contribution in [1.82, 2.24) is 0 Å². The molecular weight excluding hydrogens is 460 g/mol. The van der Waals surface area contributed by atoms with E-state index in [9.17, 15) is 18.6 Å². The van der Waals surface area contributed by atoms with Crippen molar-refractivity contribution in [3.63, 3.8) is 0 Å². The molecule has 34 heavy (non-hydrogen) atoms. The van der Waals surface area contributed by atoms with Crippen molar-refractivity contribution in [2.24, 2.45) is 0 Å². The molecule has 8 nitrogen and oxygen atoms in total. The number of hydrogen-bond donors (Lipinski definition) is 2. The monoisotopic (exact) mass is 486 g/mol. The SMILES string of the molecule is COc1cc(CS(=O)(=O)c2ccc(O)cc2)c(/C=C\c2cc(OC)c(OC)c(OC)c2)cc1O. The Labute approximate surface area is 198 Å². The second-order valence-corrected chi connectivity index (χ2v) is 9.26. The average molecular weight is 487 g/mol. The fourth-order valence-electron chi connectivity index (χ4n) is 3.40. The highest BCUT2D eigenvalue weighted by molar-refractivity contribution is 7.90. The van der Waals surface area contributed by atoms with Crippen molar-refractivity contribution in [3.8, 4) is 34.5 Å². The number of ether oxygens (including phenoxy) is 4. The number of hydrogen-bond acceptors (Lipinski definition) is 8. The molecule has 0 heterocycles. The zero-order valence-corrected chi connectivity index (χ0v) is 20.0. The number of phenols is 2. The molecular formula is C25H26O8S. The summed E-state index contributed by atoms with van der Waals surface area (Å²) >= 11 is 0. The molecule has 0 saturated carbocycles. The first-order chi connectivity index (χ1) is 16.2. The highest BCUT2D eigenvalue weighted by Gasteiger charge is 2.19.